The normalized spacial score (nSPS) is 13.4. The van der Waals surface area contributed by atoms with E-state index in [0.717, 1.165) is 18.4 Å². The number of anilines is 1. The Balaban J connectivity index is 1.62. The lowest BCUT2D eigenvalue weighted by atomic mass is 10.2. The molecule has 1 aliphatic rings. The Kier molecular flexibility index (Phi) is 4.69. The number of nitrogens with zero attached hydrogens (tertiary/aromatic N) is 4. The van der Waals surface area contributed by atoms with Crippen molar-refractivity contribution in [3.05, 3.63) is 24.3 Å². The molecule has 1 saturated carbocycles. The van der Waals surface area contributed by atoms with Gasteiger partial charge in [-0.2, -0.15) is 0 Å². The summed E-state index contributed by atoms with van der Waals surface area (Å²) < 4.78 is 1.82. The second-order valence-corrected chi connectivity index (χ2v) is 5.56. The highest BCUT2D eigenvalue weighted by Crippen LogP contribution is 2.36. The van der Waals surface area contributed by atoms with Gasteiger partial charge in [-0.25, -0.2) is 9.48 Å². The van der Waals surface area contributed by atoms with Crippen molar-refractivity contribution in [1.82, 2.24) is 30.8 Å². The predicted octanol–water partition coefficient (Wildman–Crippen LogP) is 0.933. The van der Waals surface area contributed by atoms with Crippen molar-refractivity contribution in [2.24, 2.45) is 0 Å². The minimum absolute atomic E-state index is 0.121. The topological polar surface area (TPSA) is 114 Å². The third kappa shape index (κ3) is 3.86. The Bertz CT molecular complexity index is 739. The molecule has 9 nitrogen and oxygen atoms in total. The zero-order chi connectivity index (χ0) is 16.9. The van der Waals surface area contributed by atoms with Crippen molar-refractivity contribution in [2.45, 2.75) is 25.3 Å². The smallest absolute Gasteiger partial charge is 0.319 e. The van der Waals surface area contributed by atoms with Gasteiger partial charge in [-0.3, -0.25) is 4.79 Å². The van der Waals surface area contributed by atoms with Crippen LogP contribution in [0.1, 0.15) is 25.3 Å². The summed E-state index contributed by atoms with van der Waals surface area (Å²) in [6.07, 6.45) is 2.41. The molecule has 1 aromatic carbocycles. The van der Waals surface area contributed by atoms with Gasteiger partial charge in [0.2, 0.25) is 5.91 Å². The minimum atomic E-state index is -0.363. The van der Waals surface area contributed by atoms with Crippen LogP contribution in [0.15, 0.2) is 24.3 Å². The molecule has 126 valence electrons. The van der Waals surface area contributed by atoms with Crippen LogP contribution in [0.5, 0.6) is 0 Å². The van der Waals surface area contributed by atoms with Gasteiger partial charge in [-0.05, 0) is 35.4 Å². The van der Waals surface area contributed by atoms with Crippen LogP contribution >= 0.6 is 0 Å². The molecule has 3 amide bonds. The molecular formula is C15H19N7O2. The van der Waals surface area contributed by atoms with Crippen molar-refractivity contribution in [1.29, 1.82) is 0 Å². The number of carbonyl (C=O) groups excluding carboxylic acids is 2. The number of amides is 3. The number of benzene rings is 1. The van der Waals surface area contributed by atoms with Crippen molar-refractivity contribution in [3.8, 4) is 11.4 Å². The Labute approximate surface area is 138 Å². The second-order valence-electron chi connectivity index (χ2n) is 5.56. The Hall–Kier alpha value is -2.97. The number of carbonyl (C=O) groups is 2. The van der Waals surface area contributed by atoms with Crippen molar-refractivity contribution in [3.63, 3.8) is 0 Å². The van der Waals surface area contributed by atoms with E-state index in [2.05, 4.69) is 31.5 Å². The summed E-state index contributed by atoms with van der Waals surface area (Å²) in [7, 11) is 1.56. The summed E-state index contributed by atoms with van der Waals surface area (Å²) in [5, 5.41) is 19.7. The van der Waals surface area contributed by atoms with Crippen LogP contribution in [-0.2, 0) is 4.79 Å². The molecule has 9 heteroatoms. The van der Waals surface area contributed by atoms with Crippen molar-refractivity contribution in [2.75, 3.05) is 18.9 Å². The molecule has 0 aliphatic heterocycles. The molecule has 3 N–H and O–H groups in total. The van der Waals surface area contributed by atoms with Gasteiger partial charge in [0.15, 0.2) is 5.82 Å². The van der Waals surface area contributed by atoms with E-state index < -0.39 is 0 Å². The number of urea groups is 1. The lowest BCUT2D eigenvalue weighted by Crippen LogP contribution is -2.32. The molecular weight excluding hydrogens is 310 g/mol. The maximum absolute atomic E-state index is 11.9. The highest BCUT2D eigenvalue weighted by Gasteiger charge is 2.28. The van der Waals surface area contributed by atoms with Crippen LogP contribution in [0.25, 0.3) is 11.4 Å². The molecule has 0 saturated heterocycles. The molecule has 2 aromatic rings. The van der Waals surface area contributed by atoms with Crippen LogP contribution in [0, 0.1) is 0 Å². The van der Waals surface area contributed by atoms with E-state index in [4.69, 9.17) is 0 Å². The van der Waals surface area contributed by atoms with Gasteiger partial charge in [-0.1, -0.05) is 12.1 Å². The number of aromatic nitrogens is 4. The Morgan fingerprint density at radius 2 is 2.17 bits per heavy atom. The number of hydrogen-bond acceptors (Lipinski definition) is 5. The van der Waals surface area contributed by atoms with Gasteiger partial charge < -0.3 is 16.0 Å². The van der Waals surface area contributed by atoms with Gasteiger partial charge in [0.1, 0.15) is 0 Å². The lowest BCUT2D eigenvalue weighted by Gasteiger charge is -2.09. The van der Waals surface area contributed by atoms with E-state index >= 15 is 0 Å². The molecule has 1 fully saturated rings. The van der Waals surface area contributed by atoms with E-state index in [1.807, 2.05) is 22.9 Å². The Morgan fingerprint density at radius 1 is 1.33 bits per heavy atom. The number of tetrazole rings is 1. The summed E-state index contributed by atoms with van der Waals surface area (Å²) in [5.74, 6) is 0.574. The van der Waals surface area contributed by atoms with Gasteiger partial charge in [0.25, 0.3) is 0 Å². The van der Waals surface area contributed by atoms with Gasteiger partial charge in [-0.15, -0.1) is 5.10 Å². The maximum Gasteiger partial charge on any atom is 0.319 e. The Morgan fingerprint density at radius 3 is 2.92 bits per heavy atom. The predicted molar refractivity (Wildman–Crippen MR) is 87.2 cm³/mol. The zero-order valence-electron chi connectivity index (χ0n) is 13.3. The molecule has 0 radical (unpaired) electrons. The molecule has 0 bridgehead atoms. The van der Waals surface area contributed by atoms with Crippen LogP contribution in [0.4, 0.5) is 10.5 Å². The van der Waals surface area contributed by atoms with Crippen molar-refractivity contribution < 1.29 is 9.59 Å². The summed E-state index contributed by atoms with van der Waals surface area (Å²) in [4.78, 5) is 23.0. The zero-order valence-corrected chi connectivity index (χ0v) is 13.3. The minimum Gasteiger partial charge on any atom is -0.359 e. The maximum atomic E-state index is 11.9. The molecule has 0 unspecified atom stereocenters. The number of hydrogen-bond donors (Lipinski definition) is 3. The van der Waals surface area contributed by atoms with E-state index in [-0.39, 0.29) is 24.9 Å². The average molecular weight is 329 g/mol. The third-order valence-electron chi connectivity index (χ3n) is 3.68. The monoisotopic (exact) mass is 329 g/mol. The summed E-state index contributed by atoms with van der Waals surface area (Å²) in [6.45, 7) is 0.269. The first kappa shape index (κ1) is 15.9. The van der Waals surface area contributed by atoms with Crippen LogP contribution < -0.4 is 16.0 Å². The molecule has 0 spiro atoms. The summed E-state index contributed by atoms with van der Waals surface area (Å²) in [6, 6.07) is 7.36. The van der Waals surface area contributed by atoms with E-state index in [1.54, 1.807) is 13.1 Å². The standard InChI is InChI=1S/C15H19N7O2/c1-16-13(23)7-8-17-15(24)18-11-4-2-3-10(9-11)14-19-20-21-22(14)12-5-6-12/h2-4,9,12H,5-8H2,1H3,(H,16,23)(H2,17,18,24). The number of nitrogens with one attached hydrogen (secondary N) is 3. The first-order valence-electron chi connectivity index (χ1n) is 7.81. The molecule has 1 heterocycles. The quantitative estimate of drug-likeness (QED) is 0.729. The fraction of sp³-hybridized carbons (Fsp3) is 0.400. The van der Waals surface area contributed by atoms with Gasteiger partial charge in [0, 0.05) is 31.3 Å². The van der Waals surface area contributed by atoms with Crippen LogP contribution in [0.3, 0.4) is 0 Å². The van der Waals surface area contributed by atoms with E-state index in [9.17, 15) is 9.59 Å². The molecule has 1 aromatic heterocycles. The fourth-order valence-corrected chi connectivity index (χ4v) is 2.27. The highest BCUT2D eigenvalue weighted by atomic mass is 16.2. The highest BCUT2D eigenvalue weighted by molar-refractivity contribution is 5.90. The van der Waals surface area contributed by atoms with E-state index in [1.165, 1.54) is 0 Å². The molecule has 3 rings (SSSR count). The fourth-order valence-electron chi connectivity index (χ4n) is 2.27. The molecule has 1 aliphatic carbocycles. The first-order valence-corrected chi connectivity index (χ1v) is 7.81. The van der Waals surface area contributed by atoms with Gasteiger partial charge >= 0.3 is 6.03 Å². The van der Waals surface area contributed by atoms with Crippen molar-refractivity contribution >= 4 is 17.6 Å². The average Bonchev–Trinajstić information content (AvgIpc) is 3.31. The largest absolute Gasteiger partial charge is 0.359 e. The SMILES string of the molecule is CNC(=O)CCNC(=O)Nc1cccc(-c2nnnn2C2CC2)c1. The molecule has 0 atom stereocenters. The van der Waals surface area contributed by atoms with Crippen LogP contribution in [0.2, 0.25) is 0 Å². The second kappa shape index (κ2) is 7.07. The summed E-state index contributed by atoms with van der Waals surface area (Å²) in [5.41, 5.74) is 1.48. The number of rotatable bonds is 6. The van der Waals surface area contributed by atoms with Crippen LogP contribution in [-0.4, -0.2) is 45.7 Å². The lowest BCUT2D eigenvalue weighted by molar-refractivity contribution is -0.120. The molecule has 24 heavy (non-hydrogen) atoms. The first-order chi connectivity index (χ1) is 11.7. The summed E-state index contributed by atoms with van der Waals surface area (Å²) >= 11 is 0. The van der Waals surface area contributed by atoms with E-state index in [0.29, 0.717) is 17.6 Å². The third-order valence-corrected chi connectivity index (χ3v) is 3.68. The van der Waals surface area contributed by atoms with Gasteiger partial charge in [0.05, 0.1) is 6.04 Å².